The normalized spacial score (nSPS) is 14.1. The standard InChI is InChI=1S/C28H32N2O7S2/c1-28(2,3)37-27(33)29-12-13-34-18-23(30-24(31)21-10-4-5-11-22(21)25(30)32)26(35-16-19-8-6-14-38-19)36-17-20-9-7-15-39-20/h4-11,14-15,23,26H,12-13,16-18H2,1-3H3,(H,29,33). The van der Waals surface area contributed by atoms with Gasteiger partial charge in [0.15, 0.2) is 6.29 Å². The molecule has 3 aromatic rings. The van der Waals surface area contributed by atoms with Crippen LogP contribution in [-0.4, -0.2) is 60.5 Å². The van der Waals surface area contributed by atoms with E-state index in [4.69, 9.17) is 18.9 Å². The van der Waals surface area contributed by atoms with Crippen LogP contribution < -0.4 is 5.32 Å². The highest BCUT2D eigenvalue weighted by atomic mass is 32.1. The predicted molar refractivity (Wildman–Crippen MR) is 148 cm³/mol. The van der Waals surface area contributed by atoms with Crippen LogP contribution in [0.2, 0.25) is 0 Å². The number of hydrogen-bond donors (Lipinski definition) is 1. The minimum absolute atomic E-state index is 0.0545. The third-order valence-corrected chi connectivity index (χ3v) is 7.31. The van der Waals surface area contributed by atoms with Gasteiger partial charge in [0.1, 0.15) is 11.6 Å². The van der Waals surface area contributed by atoms with Gasteiger partial charge in [0.25, 0.3) is 11.8 Å². The number of benzene rings is 1. The summed E-state index contributed by atoms with van der Waals surface area (Å²) in [5, 5.41) is 6.53. The van der Waals surface area contributed by atoms with Crippen molar-refractivity contribution in [1.82, 2.24) is 10.2 Å². The minimum Gasteiger partial charge on any atom is -0.444 e. The van der Waals surface area contributed by atoms with Gasteiger partial charge in [0.05, 0.1) is 37.6 Å². The van der Waals surface area contributed by atoms with Crippen LogP contribution in [0, 0.1) is 0 Å². The summed E-state index contributed by atoms with van der Waals surface area (Å²) in [7, 11) is 0. The van der Waals surface area contributed by atoms with Crippen molar-refractivity contribution in [2.45, 2.75) is 51.9 Å². The van der Waals surface area contributed by atoms with Crippen LogP contribution in [0.1, 0.15) is 51.2 Å². The molecule has 1 unspecified atom stereocenters. The van der Waals surface area contributed by atoms with Crippen molar-refractivity contribution >= 4 is 40.6 Å². The van der Waals surface area contributed by atoms with Crippen LogP contribution in [0.3, 0.4) is 0 Å². The largest absolute Gasteiger partial charge is 0.444 e. The van der Waals surface area contributed by atoms with E-state index in [1.54, 1.807) is 45.0 Å². The summed E-state index contributed by atoms with van der Waals surface area (Å²) in [6.07, 6.45) is -1.52. The summed E-state index contributed by atoms with van der Waals surface area (Å²) in [5.41, 5.74) is 0.0397. The van der Waals surface area contributed by atoms with E-state index >= 15 is 0 Å². The van der Waals surface area contributed by atoms with Crippen molar-refractivity contribution in [2.24, 2.45) is 0 Å². The van der Waals surface area contributed by atoms with Gasteiger partial charge in [-0.3, -0.25) is 14.5 Å². The van der Waals surface area contributed by atoms with Crippen LogP contribution in [0.5, 0.6) is 0 Å². The number of thiophene rings is 2. The molecule has 1 aromatic carbocycles. The molecule has 1 aliphatic heterocycles. The Morgan fingerprint density at radius 1 is 0.897 bits per heavy atom. The molecule has 1 N–H and O–H groups in total. The van der Waals surface area contributed by atoms with E-state index in [1.165, 1.54) is 27.6 Å². The van der Waals surface area contributed by atoms with Crippen LogP contribution in [0.25, 0.3) is 0 Å². The van der Waals surface area contributed by atoms with Crippen molar-refractivity contribution < 1.29 is 33.3 Å². The SMILES string of the molecule is CC(C)(C)OC(=O)NCCOCC(C(OCc1cccs1)OCc1cccs1)N1C(=O)c2ccccc2C1=O. The molecule has 3 heterocycles. The summed E-state index contributed by atoms with van der Waals surface area (Å²) in [4.78, 5) is 41.9. The number of amides is 3. The van der Waals surface area contributed by atoms with E-state index < -0.39 is 35.8 Å². The van der Waals surface area contributed by atoms with E-state index in [-0.39, 0.29) is 33.0 Å². The Balaban J connectivity index is 1.49. The summed E-state index contributed by atoms with van der Waals surface area (Å²) >= 11 is 3.07. The molecule has 0 bridgehead atoms. The fourth-order valence-electron chi connectivity index (χ4n) is 3.92. The maximum Gasteiger partial charge on any atom is 0.407 e. The number of carbonyl (C=O) groups excluding carboxylic acids is 3. The Hall–Kier alpha value is -3.09. The van der Waals surface area contributed by atoms with Gasteiger partial charge in [-0.1, -0.05) is 24.3 Å². The quantitative estimate of drug-likeness (QED) is 0.173. The Morgan fingerprint density at radius 3 is 1.95 bits per heavy atom. The number of ether oxygens (including phenoxy) is 4. The second-order valence-electron chi connectivity index (χ2n) is 9.75. The van der Waals surface area contributed by atoms with Crippen molar-refractivity contribution in [3.05, 3.63) is 80.2 Å². The van der Waals surface area contributed by atoms with Gasteiger partial charge in [0, 0.05) is 16.3 Å². The Kier molecular flexibility index (Phi) is 9.87. The highest BCUT2D eigenvalue weighted by Crippen LogP contribution is 2.28. The van der Waals surface area contributed by atoms with Crippen LogP contribution in [0.15, 0.2) is 59.3 Å². The van der Waals surface area contributed by atoms with Gasteiger partial charge in [-0.2, -0.15) is 0 Å². The highest BCUT2D eigenvalue weighted by molar-refractivity contribution is 7.10. The third-order valence-electron chi connectivity index (χ3n) is 5.61. The monoisotopic (exact) mass is 572 g/mol. The highest BCUT2D eigenvalue weighted by Gasteiger charge is 2.44. The number of rotatable bonds is 13. The van der Waals surface area contributed by atoms with Crippen molar-refractivity contribution in [3.63, 3.8) is 0 Å². The first-order valence-corrected chi connectivity index (χ1v) is 14.3. The third kappa shape index (κ3) is 7.96. The van der Waals surface area contributed by atoms with Crippen molar-refractivity contribution in [2.75, 3.05) is 19.8 Å². The molecule has 1 aliphatic rings. The van der Waals surface area contributed by atoms with E-state index in [9.17, 15) is 14.4 Å². The van der Waals surface area contributed by atoms with Crippen LogP contribution in [-0.2, 0) is 32.2 Å². The molecular weight excluding hydrogens is 540 g/mol. The smallest absolute Gasteiger partial charge is 0.407 e. The lowest BCUT2D eigenvalue weighted by atomic mass is 10.1. The number of carbonyl (C=O) groups is 3. The zero-order valence-electron chi connectivity index (χ0n) is 22.1. The first-order valence-electron chi connectivity index (χ1n) is 12.5. The summed E-state index contributed by atoms with van der Waals surface area (Å²) < 4.78 is 23.5. The van der Waals surface area contributed by atoms with Gasteiger partial charge < -0.3 is 24.3 Å². The Labute approximate surface area is 235 Å². The maximum absolute atomic E-state index is 13.4. The summed E-state index contributed by atoms with van der Waals surface area (Å²) in [5.74, 6) is -0.860. The minimum atomic E-state index is -0.963. The van der Waals surface area contributed by atoms with Gasteiger partial charge in [-0.15, -0.1) is 22.7 Å². The molecule has 1 atom stereocenters. The molecule has 0 fully saturated rings. The fourth-order valence-corrected chi connectivity index (χ4v) is 5.17. The van der Waals surface area contributed by atoms with E-state index in [0.29, 0.717) is 11.1 Å². The summed E-state index contributed by atoms with van der Waals surface area (Å²) in [6, 6.07) is 13.6. The van der Waals surface area contributed by atoms with E-state index in [1.807, 2.05) is 35.0 Å². The van der Waals surface area contributed by atoms with Crippen LogP contribution in [0.4, 0.5) is 4.79 Å². The molecule has 3 amide bonds. The van der Waals surface area contributed by atoms with Crippen LogP contribution >= 0.6 is 22.7 Å². The molecule has 208 valence electrons. The molecule has 4 rings (SSSR count). The zero-order chi connectivity index (χ0) is 27.8. The Morgan fingerprint density at radius 2 is 1.46 bits per heavy atom. The lowest BCUT2D eigenvalue weighted by Gasteiger charge is -2.32. The van der Waals surface area contributed by atoms with Gasteiger partial charge in [0.2, 0.25) is 0 Å². The lowest BCUT2D eigenvalue weighted by molar-refractivity contribution is -0.190. The number of nitrogens with one attached hydrogen (secondary N) is 1. The van der Waals surface area contributed by atoms with Crippen molar-refractivity contribution in [3.8, 4) is 0 Å². The average molecular weight is 573 g/mol. The predicted octanol–water partition coefficient (Wildman–Crippen LogP) is 5.08. The number of fused-ring (bicyclic) bond motifs is 1. The fraction of sp³-hybridized carbons (Fsp3) is 0.393. The molecule has 2 aromatic heterocycles. The number of alkyl carbamates (subject to hydrolysis) is 1. The molecule has 0 aliphatic carbocycles. The second-order valence-corrected chi connectivity index (χ2v) is 11.8. The topological polar surface area (TPSA) is 103 Å². The van der Waals surface area contributed by atoms with Gasteiger partial charge >= 0.3 is 6.09 Å². The van der Waals surface area contributed by atoms with E-state index in [0.717, 1.165) is 9.75 Å². The molecule has 0 radical (unpaired) electrons. The first-order chi connectivity index (χ1) is 18.7. The van der Waals surface area contributed by atoms with E-state index in [2.05, 4.69) is 5.32 Å². The van der Waals surface area contributed by atoms with Crippen molar-refractivity contribution in [1.29, 1.82) is 0 Å². The number of nitrogens with zero attached hydrogens (tertiary/aromatic N) is 1. The number of hydrogen-bond acceptors (Lipinski definition) is 9. The molecule has 0 spiro atoms. The van der Waals surface area contributed by atoms with Gasteiger partial charge in [-0.05, 0) is 55.8 Å². The lowest BCUT2D eigenvalue weighted by Crippen LogP contribution is -2.51. The number of imide groups is 1. The van der Waals surface area contributed by atoms with Gasteiger partial charge in [-0.25, -0.2) is 4.79 Å². The molecule has 0 saturated heterocycles. The molecule has 0 saturated carbocycles. The Bertz CT molecular complexity index is 1170. The molecule has 39 heavy (non-hydrogen) atoms. The summed E-state index contributed by atoms with van der Waals surface area (Å²) in [6.45, 7) is 6.08. The molecule has 11 heteroatoms. The second kappa shape index (κ2) is 13.3. The molecular formula is C28H32N2O7S2. The maximum atomic E-state index is 13.4. The molecule has 9 nitrogen and oxygen atoms in total. The average Bonchev–Trinajstić information content (AvgIpc) is 3.65. The first kappa shape index (κ1) is 28.9. The zero-order valence-corrected chi connectivity index (χ0v) is 23.7.